The van der Waals surface area contributed by atoms with Gasteiger partial charge in [-0.05, 0) is 39.7 Å². The van der Waals surface area contributed by atoms with Gasteiger partial charge in [0.15, 0.2) is 0 Å². The summed E-state index contributed by atoms with van der Waals surface area (Å²) in [5.41, 5.74) is 4.91. The van der Waals surface area contributed by atoms with E-state index in [0.717, 1.165) is 18.2 Å². The number of nitrogens with zero attached hydrogens (tertiary/aromatic N) is 1. The zero-order valence-electron chi connectivity index (χ0n) is 10.1. The fourth-order valence-corrected chi connectivity index (χ4v) is 2.05. The molecule has 0 radical (unpaired) electrons. The Morgan fingerprint density at radius 1 is 1.20 bits per heavy atom. The number of halogens is 4. The number of benzene rings is 1. The van der Waals surface area contributed by atoms with Crippen molar-refractivity contribution in [3.63, 3.8) is 0 Å². The van der Waals surface area contributed by atoms with Gasteiger partial charge in [0.1, 0.15) is 5.69 Å². The number of nitrogens with two attached hydrogens (primary N) is 1. The van der Waals surface area contributed by atoms with Crippen LogP contribution >= 0.6 is 15.9 Å². The highest BCUT2D eigenvalue weighted by atomic mass is 79.9. The van der Waals surface area contributed by atoms with E-state index in [1.807, 2.05) is 0 Å². The van der Waals surface area contributed by atoms with Gasteiger partial charge >= 0.3 is 6.18 Å². The van der Waals surface area contributed by atoms with Crippen LogP contribution in [-0.2, 0) is 12.7 Å². The summed E-state index contributed by atoms with van der Waals surface area (Å²) in [5.74, 6) is 0. The molecule has 7 heteroatoms. The first-order chi connectivity index (χ1) is 9.29. The van der Waals surface area contributed by atoms with Gasteiger partial charge in [-0.3, -0.25) is 9.36 Å². The van der Waals surface area contributed by atoms with Crippen molar-refractivity contribution in [2.45, 2.75) is 12.7 Å². The van der Waals surface area contributed by atoms with E-state index in [2.05, 4.69) is 15.9 Å². The summed E-state index contributed by atoms with van der Waals surface area (Å²) in [5, 5.41) is 0. The lowest BCUT2D eigenvalue weighted by Crippen LogP contribution is -2.27. The lowest BCUT2D eigenvalue weighted by atomic mass is 10.2. The zero-order chi connectivity index (χ0) is 14.9. The number of rotatable bonds is 2. The molecule has 106 valence electrons. The van der Waals surface area contributed by atoms with Gasteiger partial charge in [-0.1, -0.05) is 12.1 Å². The van der Waals surface area contributed by atoms with Crippen LogP contribution in [0.5, 0.6) is 0 Å². The SMILES string of the molecule is Nc1cc(Cn2c(C(F)(F)F)cccc2=O)ccc1Br. The molecule has 20 heavy (non-hydrogen) atoms. The van der Waals surface area contributed by atoms with Gasteiger partial charge in [-0.15, -0.1) is 0 Å². The second-order valence-electron chi connectivity index (χ2n) is 4.19. The fraction of sp³-hybridized carbons (Fsp3) is 0.154. The van der Waals surface area contributed by atoms with Gasteiger partial charge in [-0.2, -0.15) is 13.2 Å². The number of hydrogen-bond acceptors (Lipinski definition) is 2. The Balaban J connectivity index is 2.48. The van der Waals surface area contributed by atoms with E-state index in [9.17, 15) is 18.0 Å². The number of alkyl halides is 3. The third-order valence-electron chi connectivity index (χ3n) is 2.74. The van der Waals surface area contributed by atoms with Crippen molar-refractivity contribution in [3.8, 4) is 0 Å². The second kappa shape index (κ2) is 5.32. The lowest BCUT2D eigenvalue weighted by Gasteiger charge is -2.15. The van der Waals surface area contributed by atoms with Gasteiger partial charge in [0.05, 0.1) is 6.54 Å². The molecular weight excluding hydrogens is 337 g/mol. The predicted molar refractivity (Wildman–Crippen MR) is 73.4 cm³/mol. The Bertz CT molecular complexity index is 695. The standard InChI is InChI=1S/C13H10BrF3N2O/c14-9-5-4-8(6-10(9)18)7-19-11(13(15,16)17)2-1-3-12(19)20/h1-6H,7,18H2. The highest BCUT2D eigenvalue weighted by Crippen LogP contribution is 2.29. The summed E-state index contributed by atoms with van der Waals surface area (Å²) < 4.78 is 40.0. The average molecular weight is 347 g/mol. The number of pyridine rings is 1. The first-order valence-electron chi connectivity index (χ1n) is 5.60. The highest BCUT2D eigenvalue weighted by Gasteiger charge is 2.34. The molecule has 1 aromatic heterocycles. The van der Waals surface area contributed by atoms with Crippen molar-refractivity contribution in [2.75, 3.05) is 5.73 Å². The monoisotopic (exact) mass is 346 g/mol. The molecule has 1 aromatic carbocycles. The minimum atomic E-state index is -4.58. The molecule has 0 saturated heterocycles. The molecule has 0 spiro atoms. The Morgan fingerprint density at radius 2 is 1.90 bits per heavy atom. The van der Waals surface area contributed by atoms with Gasteiger partial charge < -0.3 is 5.73 Å². The summed E-state index contributed by atoms with van der Waals surface area (Å²) in [7, 11) is 0. The maximum Gasteiger partial charge on any atom is 0.431 e. The molecule has 0 amide bonds. The summed E-state index contributed by atoms with van der Waals surface area (Å²) in [6, 6.07) is 7.84. The molecule has 2 aromatic rings. The predicted octanol–water partition coefficient (Wildman–Crippen LogP) is 3.26. The Morgan fingerprint density at radius 3 is 2.50 bits per heavy atom. The van der Waals surface area contributed by atoms with E-state index in [-0.39, 0.29) is 6.54 Å². The van der Waals surface area contributed by atoms with Crippen LogP contribution in [0, 0.1) is 0 Å². The van der Waals surface area contributed by atoms with Crippen molar-refractivity contribution < 1.29 is 13.2 Å². The van der Waals surface area contributed by atoms with Crippen LogP contribution in [0.25, 0.3) is 0 Å². The molecule has 0 fully saturated rings. The van der Waals surface area contributed by atoms with Crippen LogP contribution in [0.4, 0.5) is 18.9 Å². The first kappa shape index (κ1) is 14.6. The normalized spacial score (nSPS) is 11.6. The summed E-state index contributed by atoms with van der Waals surface area (Å²) >= 11 is 3.20. The third-order valence-corrected chi connectivity index (χ3v) is 3.46. The number of nitrogen functional groups attached to an aromatic ring is 1. The minimum absolute atomic E-state index is 0.188. The topological polar surface area (TPSA) is 48.0 Å². The number of aromatic nitrogens is 1. The van der Waals surface area contributed by atoms with E-state index >= 15 is 0 Å². The molecule has 0 unspecified atom stereocenters. The van der Waals surface area contributed by atoms with Crippen LogP contribution in [0.15, 0.2) is 45.7 Å². The molecule has 1 heterocycles. The maximum absolute atomic E-state index is 12.9. The van der Waals surface area contributed by atoms with Gasteiger partial charge in [-0.25, -0.2) is 0 Å². The molecule has 0 aliphatic rings. The number of hydrogen-bond donors (Lipinski definition) is 1. The van der Waals surface area contributed by atoms with E-state index in [4.69, 9.17) is 5.73 Å². The van der Waals surface area contributed by atoms with E-state index in [1.54, 1.807) is 12.1 Å². The van der Waals surface area contributed by atoms with E-state index in [1.165, 1.54) is 6.07 Å². The Labute approximate surface area is 121 Å². The van der Waals surface area contributed by atoms with Crippen LogP contribution < -0.4 is 11.3 Å². The quantitative estimate of drug-likeness (QED) is 0.848. The van der Waals surface area contributed by atoms with Crippen LogP contribution in [0.3, 0.4) is 0 Å². The van der Waals surface area contributed by atoms with Crippen molar-refractivity contribution in [3.05, 3.63) is 62.5 Å². The first-order valence-corrected chi connectivity index (χ1v) is 6.39. The van der Waals surface area contributed by atoms with Crippen molar-refractivity contribution in [1.82, 2.24) is 4.57 Å². The van der Waals surface area contributed by atoms with Crippen LogP contribution in [0.1, 0.15) is 11.3 Å². The summed E-state index contributed by atoms with van der Waals surface area (Å²) in [4.78, 5) is 11.7. The molecule has 2 N–H and O–H groups in total. The average Bonchev–Trinajstić information content (AvgIpc) is 2.35. The van der Waals surface area contributed by atoms with E-state index in [0.29, 0.717) is 20.3 Å². The van der Waals surface area contributed by atoms with E-state index < -0.39 is 17.4 Å². The molecule has 2 rings (SSSR count). The molecule has 0 bridgehead atoms. The zero-order valence-corrected chi connectivity index (χ0v) is 11.7. The van der Waals surface area contributed by atoms with Gasteiger partial charge in [0.2, 0.25) is 0 Å². The summed E-state index contributed by atoms with van der Waals surface area (Å²) in [6.45, 7) is -0.188. The fourth-order valence-electron chi connectivity index (χ4n) is 1.80. The van der Waals surface area contributed by atoms with Gasteiger partial charge in [0, 0.05) is 16.2 Å². The molecule has 3 nitrogen and oxygen atoms in total. The van der Waals surface area contributed by atoms with Gasteiger partial charge in [0.25, 0.3) is 5.56 Å². The van der Waals surface area contributed by atoms with Crippen LogP contribution in [0.2, 0.25) is 0 Å². The second-order valence-corrected chi connectivity index (χ2v) is 5.04. The minimum Gasteiger partial charge on any atom is -0.398 e. The maximum atomic E-state index is 12.9. The number of anilines is 1. The molecule has 0 saturated carbocycles. The van der Waals surface area contributed by atoms with Crippen molar-refractivity contribution >= 4 is 21.6 Å². The molecule has 0 atom stereocenters. The van der Waals surface area contributed by atoms with Crippen molar-refractivity contribution in [1.29, 1.82) is 0 Å². The highest BCUT2D eigenvalue weighted by molar-refractivity contribution is 9.10. The Hall–Kier alpha value is -1.76. The van der Waals surface area contributed by atoms with Crippen molar-refractivity contribution in [2.24, 2.45) is 0 Å². The molecule has 0 aliphatic carbocycles. The largest absolute Gasteiger partial charge is 0.431 e. The lowest BCUT2D eigenvalue weighted by molar-refractivity contribution is -0.144. The Kier molecular flexibility index (Phi) is 3.89. The summed E-state index contributed by atoms with van der Waals surface area (Å²) in [6.07, 6.45) is -4.58. The molecule has 0 aliphatic heterocycles. The smallest absolute Gasteiger partial charge is 0.398 e. The third kappa shape index (κ3) is 3.04. The van der Waals surface area contributed by atoms with Crippen LogP contribution in [-0.4, -0.2) is 4.57 Å². The molecular formula is C13H10BrF3N2O.